The van der Waals surface area contributed by atoms with Crippen LogP contribution in [0.25, 0.3) is 0 Å². The molecule has 0 unspecified atom stereocenters. The second-order valence-electron chi connectivity index (χ2n) is 4.13. The Balaban J connectivity index is 2.28. The van der Waals surface area contributed by atoms with Crippen LogP contribution in [0.15, 0.2) is 36.4 Å². The molecular weight excluding hydrogens is 389 g/mol. The number of nitrogen functional groups attached to an aromatic ring is 1. The Morgan fingerprint density at radius 3 is 2.50 bits per heavy atom. The molecule has 4 nitrogen and oxygen atoms in total. The van der Waals surface area contributed by atoms with Crippen LogP contribution >= 0.6 is 34.2 Å². The van der Waals surface area contributed by atoms with E-state index in [1.54, 1.807) is 25.2 Å². The maximum Gasteiger partial charge on any atom is 0.251 e. The maximum absolute atomic E-state index is 11.5. The lowest BCUT2D eigenvalue weighted by atomic mass is 10.1. The lowest BCUT2D eigenvalue weighted by Gasteiger charge is -2.12. The van der Waals surface area contributed by atoms with Gasteiger partial charge in [0.05, 0.1) is 22.1 Å². The maximum atomic E-state index is 11.5. The third kappa shape index (κ3) is 3.34. The summed E-state index contributed by atoms with van der Waals surface area (Å²) >= 11 is 8.36. The SMILES string of the molecule is CNC(=O)c1ccc(Nc2ccc(I)cc2Cl)c(N)c1. The molecule has 0 atom stereocenters. The summed E-state index contributed by atoms with van der Waals surface area (Å²) in [5, 5.41) is 6.33. The number of anilines is 3. The molecule has 20 heavy (non-hydrogen) atoms. The van der Waals surface area contributed by atoms with Gasteiger partial charge in [0.25, 0.3) is 5.91 Å². The van der Waals surface area contributed by atoms with E-state index in [9.17, 15) is 4.79 Å². The predicted octanol–water partition coefficient (Wildman–Crippen LogP) is 3.63. The zero-order chi connectivity index (χ0) is 14.7. The second-order valence-corrected chi connectivity index (χ2v) is 5.78. The number of nitrogens with one attached hydrogen (secondary N) is 2. The molecule has 0 aliphatic heterocycles. The summed E-state index contributed by atoms with van der Waals surface area (Å²) in [6.45, 7) is 0. The molecule has 6 heteroatoms. The number of nitrogens with two attached hydrogens (primary N) is 1. The van der Waals surface area contributed by atoms with Crippen molar-refractivity contribution in [2.24, 2.45) is 0 Å². The molecule has 0 fully saturated rings. The Hall–Kier alpha value is -1.47. The zero-order valence-electron chi connectivity index (χ0n) is 10.7. The van der Waals surface area contributed by atoms with E-state index >= 15 is 0 Å². The van der Waals surface area contributed by atoms with Crippen molar-refractivity contribution in [2.75, 3.05) is 18.1 Å². The summed E-state index contributed by atoms with van der Waals surface area (Å²) in [5.41, 5.74) is 8.44. The van der Waals surface area contributed by atoms with E-state index in [2.05, 4.69) is 33.2 Å². The molecule has 0 spiro atoms. The first kappa shape index (κ1) is 14.9. The molecule has 0 saturated carbocycles. The molecule has 2 rings (SSSR count). The van der Waals surface area contributed by atoms with Crippen molar-refractivity contribution < 1.29 is 4.79 Å². The van der Waals surface area contributed by atoms with Gasteiger partial charge in [-0.15, -0.1) is 0 Å². The average molecular weight is 402 g/mol. The summed E-state index contributed by atoms with van der Waals surface area (Å²) in [5.74, 6) is -0.171. The number of hydrogen-bond donors (Lipinski definition) is 3. The van der Waals surface area contributed by atoms with Crippen molar-refractivity contribution in [3.63, 3.8) is 0 Å². The van der Waals surface area contributed by atoms with Gasteiger partial charge >= 0.3 is 0 Å². The third-order valence-electron chi connectivity index (χ3n) is 2.74. The van der Waals surface area contributed by atoms with Crippen LogP contribution in [-0.2, 0) is 0 Å². The molecule has 0 radical (unpaired) electrons. The van der Waals surface area contributed by atoms with Crippen LogP contribution in [0.3, 0.4) is 0 Å². The van der Waals surface area contributed by atoms with Crippen LogP contribution in [0, 0.1) is 3.57 Å². The van der Waals surface area contributed by atoms with E-state index in [4.69, 9.17) is 17.3 Å². The molecule has 0 aromatic heterocycles. The van der Waals surface area contributed by atoms with Crippen LogP contribution in [0.4, 0.5) is 17.1 Å². The second kappa shape index (κ2) is 6.32. The van der Waals surface area contributed by atoms with E-state index in [1.807, 2.05) is 18.2 Å². The smallest absolute Gasteiger partial charge is 0.251 e. The number of rotatable bonds is 3. The lowest BCUT2D eigenvalue weighted by Crippen LogP contribution is -2.17. The largest absolute Gasteiger partial charge is 0.397 e. The molecule has 0 aliphatic carbocycles. The normalized spacial score (nSPS) is 10.2. The van der Waals surface area contributed by atoms with E-state index < -0.39 is 0 Å². The van der Waals surface area contributed by atoms with E-state index in [0.717, 1.165) is 9.26 Å². The molecule has 1 amide bonds. The number of halogens is 2. The minimum absolute atomic E-state index is 0.171. The summed E-state index contributed by atoms with van der Waals surface area (Å²) in [7, 11) is 1.58. The molecule has 0 heterocycles. The standard InChI is InChI=1S/C14H13ClIN3O/c1-18-14(20)8-2-4-13(11(17)6-8)19-12-5-3-9(16)7-10(12)15/h2-7,19H,17H2,1H3,(H,18,20). The highest BCUT2D eigenvalue weighted by atomic mass is 127. The van der Waals surface area contributed by atoms with Gasteiger partial charge in [-0.2, -0.15) is 0 Å². The third-order valence-corrected chi connectivity index (χ3v) is 3.72. The Kier molecular flexibility index (Phi) is 4.72. The highest BCUT2D eigenvalue weighted by Crippen LogP contribution is 2.30. The van der Waals surface area contributed by atoms with Gasteiger partial charge < -0.3 is 16.4 Å². The molecule has 2 aromatic carbocycles. The average Bonchev–Trinajstić information content (AvgIpc) is 2.42. The van der Waals surface area contributed by atoms with Crippen molar-refractivity contribution in [3.8, 4) is 0 Å². The molecule has 4 N–H and O–H groups in total. The summed E-state index contributed by atoms with van der Waals surface area (Å²) < 4.78 is 1.06. The fraction of sp³-hybridized carbons (Fsp3) is 0.0714. The van der Waals surface area contributed by atoms with Gasteiger partial charge in [0.1, 0.15) is 0 Å². The Morgan fingerprint density at radius 2 is 1.90 bits per heavy atom. The number of benzene rings is 2. The monoisotopic (exact) mass is 401 g/mol. The molecule has 104 valence electrons. The Bertz CT molecular complexity index is 661. The number of carbonyl (C=O) groups is 1. The lowest BCUT2D eigenvalue weighted by molar-refractivity contribution is 0.0963. The van der Waals surface area contributed by atoms with Crippen LogP contribution in [0.5, 0.6) is 0 Å². The van der Waals surface area contributed by atoms with Gasteiger partial charge in [-0.25, -0.2) is 0 Å². The van der Waals surface area contributed by atoms with E-state index in [0.29, 0.717) is 22.0 Å². The fourth-order valence-electron chi connectivity index (χ4n) is 1.70. The number of amides is 1. The summed E-state index contributed by atoms with van der Waals surface area (Å²) in [4.78, 5) is 11.5. The van der Waals surface area contributed by atoms with Gasteiger partial charge in [0, 0.05) is 16.2 Å². The minimum atomic E-state index is -0.171. The zero-order valence-corrected chi connectivity index (χ0v) is 13.6. The van der Waals surface area contributed by atoms with E-state index in [1.165, 1.54) is 0 Å². The quantitative estimate of drug-likeness (QED) is 0.543. The van der Waals surface area contributed by atoms with Crippen molar-refractivity contribution >= 4 is 57.2 Å². The molecule has 0 saturated heterocycles. The first-order valence-electron chi connectivity index (χ1n) is 5.85. The van der Waals surface area contributed by atoms with Gasteiger partial charge in [-0.05, 0) is 59.0 Å². The molecule has 2 aromatic rings. The Labute approximate surface area is 135 Å². The van der Waals surface area contributed by atoms with Crippen LogP contribution in [-0.4, -0.2) is 13.0 Å². The minimum Gasteiger partial charge on any atom is -0.397 e. The van der Waals surface area contributed by atoms with Crippen molar-refractivity contribution in [1.82, 2.24) is 5.32 Å². The topological polar surface area (TPSA) is 67.2 Å². The molecular formula is C14H13ClIN3O. The Morgan fingerprint density at radius 1 is 1.20 bits per heavy atom. The van der Waals surface area contributed by atoms with Crippen molar-refractivity contribution in [3.05, 3.63) is 50.6 Å². The van der Waals surface area contributed by atoms with Crippen LogP contribution < -0.4 is 16.4 Å². The van der Waals surface area contributed by atoms with Gasteiger partial charge in [0.15, 0.2) is 0 Å². The highest BCUT2D eigenvalue weighted by molar-refractivity contribution is 14.1. The van der Waals surface area contributed by atoms with Gasteiger partial charge in [-0.3, -0.25) is 4.79 Å². The molecule has 0 aliphatic rings. The molecule has 0 bridgehead atoms. The van der Waals surface area contributed by atoms with Crippen LogP contribution in [0.1, 0.15) is 10.4 Å². The van der Waals surface area contributed by atoms with Crippen molar-refractivity contribution in [1.29, 1.82) is 0 Å². The first-order valence-corrected chi connectivity index (χ1v) is 7.30. The highest BCUT2D eigenvalue weighted by Gasteiger charge is 2.08. The number of carbonyl (C=O) groups excluding carboxylic acids is 1. The first-order chi connectivity index (χ1) is 9.51. The summed E-state index contributed by atoms with van der Waals surface area (Å²) in [6, 6.07) is 10.8. The van der Waals surface area contributed by atoms with Crippen molar-refractivity contribution in [2.45, 2.75) is 0 Å². The number of hydrogen-bond acceptors (Lipinski definition) is 3. The van der Waals surface area contributed by atoms with Crippen LogP contribution in [0.2, 0.25) is 5.02 Å². The van der Waals surface area contributed by atoms with E-state index in [-0.39, 0.29) is 5.91 Å². The van der Waals surface area contributed by atoms with Gasteiger partial charge in [0.2, 0.25) is 0 Å². The fourth-order valence-corrected chi connectivity index (χ4v) is 2.60. The predicted molar refractivity (Wildman–Crippen MR) is 91.7 cm³/mol. The van der Waals surface area contributed by atoms with Gasteiger partial charge in [-0.1, -0.05) is 11.6 Å². The summed E-state index contributed by atoms with van der Waals surface area (Å²) in [6.07, 6.45) is 0.